The predicted molar refractivity (Wildman–Crippen MR) is 65.0 cm³/mol. The molecule has 0 fully saturated rings. The van der Waals surface area contributed by atoms with Gasteiger partial charge in [-0.1, -0.05) is 19.8 Å². The van der Waals surface area contributed by atoms with Crippen molar-refractivity contribution in [2.45, 2.75) is 45.4 Å². The molecule has 0 atom stereocenters. The summed E-state index contributed by atoms with van der Waals surface area (Å²) in [6.45, 7) is 2.06. The maximum atomic E-state index is 10.4. The van der Waals surface area contributed by atoms with Gasteiger partial charge in [0.1, 0.15) is 0 Å². The number of ether oxygens (including phenoxy) is 2. The highest BCUT2D eigenvalue weighted by atomic mass is 16.5. The molecule has 0 saturated heterocycles. The fourth-order valence-corrected chi connectivity index (χ4v) is 0.934. The van der Waals surface area contributed by atoms with E-state index in [1.807, 2.05) is 0 Å². The van der Waals surface area contributed by atoms with E-state index < -0.39 is 17.9 Å². The van der Waals surface area contributed by atoms with Crippen molar-refractivity contribution in [3.63, 3.8) is 0 Å². The van der Waals surface area contributed by atoms with Crippen molar-refractivity contribution in [1.82, 2.24) is 0 Å². The standard InChI is InChI=1S/C6H10O4.C6H12O2/c1-9-5(7)3-4-6(8)10-2;1-2-3-4-5-6(7)8/h3-4H2,1-2H3;2-5H2,1H3,(H,7,8). The molecule has 0 heterocycles. The van der Waals surface area contributed by atoms with Gasteiger partial charge in [0.25, 0.3) is 0 Å². The molecule has 0 aliphatic heterocycles. The van der Waals surface area contributed by atoms with E-state index in [4.69, 9.17) is 5.11 Å². The Morgan fingerprint density at radius 2 is 1.33 bits per heavy atom. The summed E-state index contributed by atoms with van der Waals surface area (Å²) in [5.74, 6) is -1.48. The van der Waals surface area contributed by atoms with Crippen LogP contribution in [0.2, 0.25) is 0 Å². The third-order valence-electron chi connectivity index (χ3n) is 1.98. The van der Waals surface area contributed by atoms with Crippen LogP contribution < -0.4 is 0 Å². The Hall–Kier alpha value is -1.59. The number of carboxylic acids is 1. The second kappa shape index (κ2) is 13.5. The summed E-state index contributed by atoms with van der Waals surface area (Å²) in [7, 11) is 2.55. The second-order valence-electron chi connectivity index (χ2n) is 3.50. The van der Waals surface area contributed by atoms with Gasteiger partial charge in [-0.2, -0.15) is 0 Å². The Morgan fingerprint density at radius 3 is 1.61 bits per heavy atom. The van der Waals surface area contributed by atoms with E-state index in [9.17, 15) is 14.4 Å². The maximum Gasteiger partial charge on any atom is 0.306 e. The molecule has 6 nitrogen and oxygen atoms in total. The van der Waals surface area contributed by atoms with Crippen molar-refractivity contribution in [1.29, 1.82) is 0 Å². The van der Waals surface area contributed by atoms with E-state index in [0.29, 0.717) is 6.42 Å². The number of esters is 2. The van der Waals surface area contributed by atoms with Crippen LogP contribution in [0, 0.1) is 0 Å². The number of carboxylic acid groups (broad SMARTS) is 1. The molecule has 0 amide bonds. The van der Waals surface area contributed by atoms with Crippen LogP contribution in [-0.2, 0) is 23.9 Å². The summed E-state index contributed by atoms with van der Waals surface area (Å²) in [6, 6.07) is 0. The van der Waals surface area contributed by atoms with Crippen LogP contribution in [0.15, 0.2) is 0 Å². The van der Waals surface area contributed by atoms with Crippen molar-refractivity contribution in [2.75, 3.05) is 14.2 Å². The third-order valence-corrected chi connectivity index (χ3v) is 1.98. The molecule has 0 saturated carbocycles. The summed E-state index contributed by atoms with van der Waals surface area (Å²) >= 11 is 0. The SMILES string of the molecule is CCCCCC(=O)O.COC(=O)CCC(=O)OC. The van der Waals surface area contributed by atoms with Gasteiger partial charge in [0.05, 0.1) is 27.1 Å². The number of methoxy groups -OCH3 is 2. The summed E-state index contributed by atoms with van der Waals surface area (Å²) in [4.78, 5) is 30.7. The Bertz CT molecular complexity index is 233. The van der Waals surface area contributed by atoms with E-state index in [0.717, 1.165) is 19.3 Å². The lowest BCUT2D eigenvalue weighted by molar-refractivity contribution is -0.147. The fourth-order valence-electron chi connectivity index (χ4n) is 0.934. The number of hydrogen-bond acceptors (Lipinski definition) is 5. The van der Waals surface area contributed by atoms with E-state index in [2.05, 4.69) is 16.4 Å². The monoisotopic (exact) mass is 262 g/mol. The lowest BCUT2D eigenvalue weighted by Crippen LogP contribution is -2.06. The van der Waals surface area contributed by atoms with Crippen LogP contribution in [0.25, 0.3) is 0 Å². The van der Waals surface area contributed by atoms with Gasteiger partial charge in [-0.3, -0.25) is 14.4 Å². The lowest BCUT2D eigenvalue weighted by Gasteiger charge is -1.96. The third kappa shape index (κ3) is 16.8. The van der Waals surface area contributed by atoms with Crippen LogP contribution >= 0.6 is 0 Å². The minimum Gasteiger partial charge on any atom is -0.481 e. The van der Waals surface area contributed by atoms with Crippen LogP contribution in [0.5, 0.6) is 0 Å². The first-order chi connectivity index (χ1) is 8.47. The number of unbranched alkanes of at least 4 members (excludes halogenated alkanes) is 2. The first-order valence-corrected chi connectivity index (χ1v) is 5.83. The largest absolute Gasteiger partial charge is 0.481 e. The molecule has 0 rings (SSSR count). The first kappa shape index (κ1) is 18.8. The highest BCUT2D eigenvalue weighted by molar-refractivity contribution is 5.77. The fraction of sp³-hybridized carbons (Fsp3) is 0.750. The second-order valence-corrected chi connectivity index (χ2v) is 3.50. The van der Waals surface area contributed by atoms with Gasteiger partial charge in [-0.25, -0.2) is 0 Å². The Labute approximate surface area is 107 Å². The molecular formula is C12H22O6. The van der Waals surface area contributed by atoms with E-state index in [1.165, 1.54) is 14.2 Å². The van der Waals surface area contributed by atoms with E-state index in [-0.39, 0.29) is 12.8 Å². The van der Waals surface area contributed by atoms with Gasteiger partial charge >= 0.3 is 17.9 Å². The molecule has 0 radical (unpaired) electrons. The molecule has 0 aliphatic carbocycles. The summed E-state index contributed by atoms with van der Waals surface area (Å²) in [5, 5.41) is 8.14. The molecule has 18 heavy (non-hydrogen) atoms. The Balaban J connectivity index is 0. The molecule has 0 aliphatic rings. The average molecular weight is 262 g/mol. The predicted octanol–water partition coefficient (Wildman–Crippen LogP) is 1.76. The zero-order chi connectivity index (χ0) is 14.4. The van der Waals surface area contributed by atoms with Crippen LogP contribution in [0.1, 0.15) is 45.4 Å². The molecule has 1 N–H and O–H groups in total. The number of aliphatic carboxylic acids is 1. The number of carbonyl (C=O) groups is 3. The molecule has 0 aromatic heterocycles. The van der Waals surface area contributed by atoms with Gasteiger partial charge in [-0.15, -0.1) is 0 Å². The quantitative estimate of drug-likeness (QED) is 0.555. The molecule has 0 spiro atoms. The summed E-state index contributed by atoms with van der Waals surface area (Å²) in [6.07, 6.45) is 3.45. The van der Waals surface area contributed by atoms with E-state index >= 15 is 0 Å². The first-order valence-electron chi connectivity index (χ1n) is 5.83. The molecule has 0 bridgehead atoms. The molecule has 0 unspecified atom stereocenters. The van der Waals surface area contributed by atoms with Gasteiger partial charge < -0.3 is 14.6 Å². The number of carbonyl (C=O) groups excluding carboxylic acids is 2. The van der Waals surface area contributed by atoms with Crippen LogP contribution in [0.4, 0.5) is 0 Å². The Kier molecular flexibility index (Phi) is 14.0. The molecule has 0 aromatic carbocycles. The van der Waals surface area contributed by atoms with Gasteiger partial charge in [0.15, 0.2) is 0 Å². The highest BCUT2D eigenvalue weighted by Crippen LogP contribution is 1.97. The van der Waals surface area contributed by atoms with Crippen LogP contribution in [-0.4, -0.2) is 37.2 Å². The van der Waals surface area contributed by atoms with Crippen molar-refractivity contribution in [3.8, 4) is 0 Å². The number of hydrogen-bond donors (Lipinski definition) is 1. The van der Waals surface area contributed by atoms with Crippen LogP contribution in [0.3, 0.4) is 0 Å². The number of rotatable bonds is 7. The zero-order valence-corrected chi connectivity index (χ0v) is 11.2. The normalized spacial score (nSPS) is 8.83. The molecular weight excluding hydrogens is 240 g/mol. The Morgan fingerprint density at radius 1 is 0.889 bits per heavy atom. The molecule has 106 valence electrons. The minimum atomic E-state index is -0.682. The summed E-state index contributed by atoms with van der Waals surface area (Å²) < 4.78 is 8.60. The van der Waals surface area contributed by atoms with Crippen molar-refractivity contribution in [3.05, 3.63) is 0 Å². The van der Waals surface area contributed by atoms with Crippen molar-refractivity contribution < 1.29 is 29.0 Å². The lowest BCUT2D eigenvalue weighted by atomic mass is 10.2. The maximum absolute atomic E-state index is 10.4. The topological polar surface area (TPSA) is 89.9 Å². The summed E-state index contributed by atoms with van der Waals surface area (Å²) in [5.41, 5.74) is 0. The van der Waals surface area contributed by atoms with E-state index in [1.54, 1.807) is 0 Å². The van der Waals surface area contributed by atoms with Crippen molar-refractivity contribution in [2.24, 2.45) is 0 Å². The van der Waals surface area contributed by atoms with Gasteiger partial charge in [-0.05, 0) is 6.42 Å². The minimum absolute atomic E-state index is 0.0865. The molecule has 0 aromatic rings. The highest BCUT2D eigenvalue weighted by Gasteiger charge is 2.05. The smallest absolute Gasteiger partial charge is 0.306 e. The average Bonchev–Trinajstić information content (AvgIpc) is 2.36. The van der Waals surface area contributed by atoms with Gasteiger partial charge in [0.2, 0.25) is 0 Å². The molecule has 6 heteroatoms. The van der Waals surface area contributed by atoms with Gasteiger partial charge in [0, 0.05) is 6.42 Å². The zero-order valence-electron chi connectivity index (χ0n) is 11.2. The van der Waals surface area contributed by atoms with Crippen molar-refractivity contribution >= 4 is 17.9 Å².